The first-order valence-corrected chi connectivity index (χ1v) is 15.8. The van der Waals surface area contributed by atoms with Crippen molar-refractivity contribution in [2.75, 3.05) is 0 Å². The summed E-state index contributed by atoms with van der Waals surface area (Å²) in [7, 11) is 0. The van der Waals surface area contributed by atoms with Gasteiger partial charge in [0.15, 0.2) is 0 Å². The van der Waals surface area contributed by atoms with Crippen LogP contribution in [-0.4, -0.2) is 12.1 Å². The Labute approximate surface area is 263 Å². The Kier molecular flexibility index (Phi) is 9.29. The molecule has 4 aromatic rings. The second kappa shape index (κ2) is 12.7. The molecule has 2 aromatic carbocycles. The number of halogens is 3. The normalized spacial score (nSPS) is 15.2. The highest BCUT2D eigenvalue weighted by atomic mass is 79.9. The zero-order chi connectivity index (χ0) is 29.1. The minimum absolute atomic E-state index is 0.119. The van der Waals surface area contributed by atoms with Crippen LogP contribution in [0, 0.1) is 11.3 Å². The summed E-state index contributed by atoms with van der Waals surface area (Å²) < 4.78 is 12.2. The number of benzene rings is 2. The summed E-state index contributed by atoms with van der Waals surface area (Å²) in [4.78, 5) is 19.6. The molecule has 0 bridgehead atoms. The maximum absolute atomic E-state index is 13.5. The predicted octanol–water partition coefficient (Wildman–Crippen LogP) is 9.82. The molecule has 5 nitrogen and oxygen atoms in total. The minimum Gasteiger partial charge on any atom is -0.488 e. The molecule has 9 heteroatoms. The maximum atomic E-state index is 13.5. The lowest BCUT2D eigenvalue weighted by Crippen LogP contribution is -2.28. The fraction of sp³-hybridized carbons (Fsp3) is 0.312. The number of nitrogens with zero attached hydrogens (tertiary/aromatic N) is 1. The molecule has 0 saturated heterocycles. The molecule has 214 valence electrons. The average Bonchev–Trinajstić information content (AvgIpc) is 3.57. The van der Waals surface area contributed by atoms with Crippen LogP contribution < -0.4 is 10.1 Å². The zero-order valence-electron chi connectivity index (χ0n) is 23.1. The molecule has 1 aliphatic carbocycles. The molecule has 41 heavy (non-hydrogen) atoms. The van der Waals surface area contributed by atoms with Crippen molar-refractivity contribution in [3.63, 3.8) is 0 Å². The van der Waals surface area contributed by atoms with Gasteiger partial charge in [-0.15, -0.1) is 11.3 Å². The number of nitrogens with one attached hydrogen (secondary N) is 1. The van der Waals surface area contributed by atoms with E-state index in [0.29, 0.717) is 46.2 Å². The molecule has 1 amide bonds. The molecule has 2 heterocycles. The Bertz CT molecular complexity index is 1570. The first-order chi connectivity index (χ1) is 19.6. The van der Waals surface area contributed by atoms with E-state index in [4.69, 9.17) is 37.3 Å². The third-order valence-corrected chi connectivity index (χ3v) is 9.76. The maximum Gasteiger partial charge on any atom is 0.255 e. The SMILES string of the molecule is CC(C)(C)[C@@H]1CCc2c(sc(N=Cc3ccc(OCc4ccc(Cl)cc4Cl)c(Br)c3)c2C(=O)NCc2ccco2)C1. The number of thiophene rings is 1. The summed E-state index contributed by atoms with van der Waals surface area (Å²) in [6.45, 7) is 7.53. The standard InChI is InChI=1S/C32H31BrCl2N2O3S/c1-32(2,3)21-8-10-24-28(14-21)41-31(29(24)30(38)36-17-23-5-4-12-39-23)37-16-19-6-11-27(25(33)13-19)40-18-20-7-9-22(34)15-26(20)35/h4-7,9,11-13,15-16,21H,8,10,14,17-18H2,1-3H3,(H,36,38)/t21-/m1/s1. The van der Waals surface area contributed by atoms with Gasteiger partial charge in [0, 0.05) is 26.7 Å². The van der Waals surface area contributed by atoms with Crippen molar-refractivity contribution < 1.29 is 13.9 Å². The van der Waals surface area contributed by atoms with Crippen molar-refractivity contribution >= 4 is 67.6 Å². The highest BCUT2D eigenvalue weighted by Crippen LogP contribution is 2.45. The van der Waals surface area contributed by atoms with Crippen LogP contribution in [0.1, 0.15) is 64.9 Å². The van der Waals surface area contributed by atoms with E-state index in [-0.39, 0.29) is 11.3 Å². The number of hydrogen-bond acceptors (Lipinski definition) is 5. The number of carbonyl (C=O) groups excluding carboxylic acids is 1. The lowest BCUT2D eigenvalue weighted by Gasteiger charge is -2.33. The lowest BCUT2D eigenvalue weighted by molar-refractivity contribution is 0.0947. The van der Waals surface area contributed by atoms with E-state index in [2.05, 4.69) is 42.0 Å². The van der Waals surface area contributed by atoms with Gasteiger partial charge < -0.3 is 14.5 Å². The predicted molar refractivity (Wildman–Crippen MR) is 171 cm³/mol. The topological polar surface area (TPSA) is 63.8 Å². The summed E-state index contributed by atoms with van der Waals surface area (Å²) >= 11 is 17.5. The molecule has 0 unspecified atom stereocenters. The Morgan fingerprint density at radius 2 is 2.05 bits per heavy atom. The number of carbonyl (C=O) groups is 1. The number of aliphatic imine (C=N–C) groups is 1. The molecule has 0 saturated carbocycles. The number of ether oxygens (including phenoxy) is 1. The molecule has 1 atom stereocenters. The quantitative estimate of drug-likeness (QED) is 0.189. The van der Waals surface area contributed by atoms with Crippen molar-refractivity contribution in [1.29, 1.82) is 0 Å². The van der Waals surface area contributed by atoms with E-state index >= 15 is 0 Å². The molecule has 1 N–H and O–H groups in total. The first kappa shape index (κ1) is 29.9. The summed E-state index contributed by atoms with van der Waals surface area (Å²) in [6, 6.07) is 14.8. The van der Waals surface area contributed by atoms with Gasteiger partial charge in [0.2, 0.25) is 0 Å². The lowest BCUT2D eigenvalue weighted by atomic mass is 9.72. The van der Waals surface area contributed by atoms with Gasteiger partial charge in [-0.05, 0) is 100 Å². The van der Waals surface area contributed by atoms with Gasteiger partial charge in [-0.3, -0.25) is 4.79 Å². The molecule has 1 aliphatic rings. The van der Waals surface area contributed by atoms with Crippen molar-refractivity contribution in [1.82, 2.24) is 5.32 Å². The Balaban J connectivity index is 1.36. The van der Waals surface area contributed by atoms with Crippen molar-refractivity contribution in [2.24, 2.45) is 16.3 Å². The van der Waals surface area contributed by atoms with Gasteiger partial charge >= 0.3 is 0 Å². The van der Waals surface area contributed by atoms with Crippen LogP contribution in [0.4, 0.5) is 5.00 Å². The van der Waals surface area contributed by atoms with Gasteiger partial charge in [0.25, 0.3) is 5.91 Å². The summed E-state index contributed by atoms with van der Waals surface area (Å²) in [5, 5.41) is 4.91. The van der Waals surface area contributed by atoms with E-state index in [0.717, 1.165) is 45.4 Å². The first-order valence-electron chi connectivity index (χ1n) is 13.4. The molecule has 5 rings (SSSR count). The van der Waals surface area contributed by atoms with Gasteiger partial charge in [0.1, 0.15) is 23.1 Å². The molecular weight excluding hydrogens is 643 g/mol. The fourth-order valence-electron chi connectivity index (χ4n) is 4.95. The van der Waals surface area contributed by atoms with Crippen LogP contribution in [0.15, 0.2) is 68.7 Å². The molecule has 0 fully saturated rings. The Hall–Kier alpha value is -2.58. The van der Waals surface area contributed by atoms with Crippen LogP contribution >= 0.6 is 50.5 Å². The highest BCUT2D eigenvalue weighted by molar-refractivity contribution is 9.10. The minimum atomic E-state index is -0.119. The van der Waals surface area contributed by atoms with Gasteiger partial charge in [-0.1, -0.05) is 50.0 Å². The largest absolute Gasteiger partial charge is 0.488 e. The van der Waals surface area contributed by atoms with E-state index < -0.39 is 0 Å². The van der Waals surface area contributed by atoms with E-state index in [1.54, 1.807) is 35.9 Å². The van der Waals surface area contributed by atoms with Crippen molar-refractivity contribution in [3.05, 3.63) is 102 Å². The van der Waals surface area contributed by atoms with Gasteiger partial charge in [-0.2, -0.15) is 0 Å². The van der Waals surface area contributed by atoms with Crippen LogP contribution in [0.2, 0.25) is 10.0 Å². The monoisotopic (exact) mass is 672 g/mol. The Morgan fingerprint density at radius 3 is 2.76 bits per heavy atom. The number of hydrogen-bond donors (Lipinski definition) is 1. The summed E-state index contributed by atoms with van der Waals surface area (Å²) in [5.74, 6) is 1.85. The van der Waals surface area contributed by atoms with E-state index in [9.17, 15) is 4.79 Å². The van der Waals surface area contributed by atoms with E-state index in [1.807, 2.05) is 36.4 Å². The molecular formula is C32H31BrCl2N2O3S. The summed E-state index contributed by atoms with van der Waals surface area (Å²) in [6.07, 6.45) is 6.31. The fourth-order valence-corrected chi connectivity index (χ4v) is 7.19. The third-order valence-electron chi connectivity index (χ3n) is 7.39. The van der Waals surface area contributed by atoms with Crippen LogP contribution in [-0.2, 0) is 26.0 Å². The second-order valence-corrected chi connectivity index (χ2v) is 14.0. The highest BCUT2D eigenvalue weighted by Gasteiger charge is 2.33. The van der Waals surface area contributed by atoms with Gasteiger partial charge in [0.05, 0.1) is 22.8 Å². The molecule has 0 aliphatic heterocycles. The van der Waals surface area contributed by atoms with E-state index in [1.165, 1.54) is 4.88 Å². The van der Waals surface area contributed by atoms with Crippen molar-refractivity contribution in [2.45, 2.75) is 53.2 Å². The number of amides is 1. The number of furan rings is 1. The number of rotatable bonds is 8. The Morgan fingerprint density at radius 1 is 1.22 bits per heavy atom. The van der Waals surface area contributed by atoms with Crippen LogP contribution in [0.25, 0.3) is 0 Å². The molecule has 2 aromatic heterocycles. The smallest absolute Gasteiger partial charge is 0.255 e. The van der Waals surface area contributed by atoms with Gasteiger partial charge in [-0.25, -0.2) is 4.99 Å². The number of fused-ring (bicyclic) bond motifs is 1. The van der Waals surface area contributed by atoms with Crippen molar-refractivity contribution in [3.8, 4) is 5.75 Å². The average molecular weight is 674 g/mol. The van der Waals surface area contributed by atoms with Crippen LogP contribution in [0.5, 0.6) is 5.75 Å². The second-order valence-electron chi connectivity index (χ2n) is 11.2. The zero-order valence-corrected chi connectivity index (χ0v) is 27.0. The molecule has 0 radical (unpaired) electrons. The third kappa shape index (κ3) is 7.26. The van der Waals surface area contributed by atoms with Crippen LogP contribution in [0.3, 0.4) is 0 Å². The molecule has 0 spiro atoms. The summed E-state index contributed by atoms with van der Waals surface area (Å²) in [5.41, 5.74) is 3.75.